The Morgan fingerprint density at radius 2 is 1.57 bits per heavy atom. The van der Waals surface area contributed by atoms with Crippen molar-refractivity contribution >= 4 is 29.1 Å². The Hall–Kier alpha value is -2.68. The van der Waals surface area contributed by atoms with E-state index in [9.17, 15) is 27.6 Å². The fraction of sp³-hybridized carbons (Fsp3) is 0.0714. The maximum Gasteiger partial charge on any atom is 0.425 e. The Kier molecular flexibility index (Phi) is 3.44. The number of thiophene rings is 1. The first-order valence-corrected chi connectivity index (χ1v) is 6.98. The molecule has 9 heteroatoms. The van der Waals surface area contributed by atoms with Crippen molar-refractivity contribution in [1.29, 1.82) is 0 Å². The van der Waals surface area contributed by atoms with Crippen LogP contribution in [-0.4, -0.2) is 22.8 Å². The van der Waals surface area contributed by atoms with Gasteiger partial charge in [0.1, 0.15) is 9.75 Å². The van der Waals surface area contributed by atoms with Gasteiger partial charge in [0.05, 0.1) is 11.1 Å². The van der Waals surface area contributed by atoms with E-state index in [1.54, 1.807) is 0 Å². The Morgan fingerprint density at radius 1 is 1.00 bits per heavy atom. The maximum absolute atomic E-state index is 12.5. The minimum atomic E-state index is -4.58. The summed E-state index contributed by atoms with van der Waals surface area (Å²) >= 11 is 0.169. The number of halogens is 3. The van der Waals surface area contributed by atoms with E-state index in [4.69, 9.17) is 0 Å². The number of carbonyl (C=O) groups is 3. The lowest BCUT2D eigenvalue weighted by molar-refractivity contribution is -0.134. The summed E-state index contributed by atoms with van der Waals surface area (Å²) in [6.45, 7) is 0. The predicted molar refractivity (Wildman–Crippen MR) is 71.7 cm³/mol. The summed E-state index contributed by atoms with van der Waals surface area (Å²) in [5.41, 5.74) is 0.125. The second kappa shape index (κ2) is 5.20. The highest BCUT2D eigenvalue weighted by Gasteiger charge is 2.39. The third kappa shape index (κ3) is 2.59. The Labute approximate surface area is 130 Å². The lowest BCUT2D eigenvalue weighted by atomic mass is 10.1. The van der Waals surface area contributed by atoms with E-state index in [0.717, 1.165) is 12.1 Å². The Balaban J connectivity index is 1.81. The van der Waals surface area contributed by atoms with Gasteiger partial charge in [0.15, 0.2) is 0 Å². The van der Waals surface area contributed by atoms with Gasteiger partial charge in [-0.3, -0.25) is 9.59 Å². The van der Waals surface area contributed by atoms with E-state index in [2.05, 4.69) is 4.84 Å². The van der Waals surface area contributed by atoms with Gasteiger partial charge in [-0.05, 0) is 24.3 Å². The van der Waals surface area contributed by atoms with Gasteiger partial charge >= 0.3 is 12.1 Å². The van der Waals surface area contributed by atoms with Crippen LogP contribution in [-0.2, 0) is 11.0 Å². The highest BCUT2D eigenvalue weighted by molar-refractivity contribution is 7.14. The first kappa shape index (κ1) is 15.2. The van der Waals surface area contributed by atoms with Crippen molar-refractivity contribution < 1.29 is 32.4 Å². The molecular weight excluding hydrogens is 335 g/mol. The number of imide groups is 1. The molecule has 1 aromatic heterocycles. The first-order chi connectivity index (χ1) is 10.8. The molecule has 2 aromatic rings. The minimum Gasteiger partial charge on any atom is -0.323 e. The van der Waals surface area contributed by atoms with Crippen LogP contribution in [0.25, 0.3) is 0 Å². The van der Waals surface area contributed by atoms with Gasteiger partial charge in [-0.25, -0.2) is 4.79 Å². The predicted octanol–water partition coefficient (Wildman–Crippen LogP) is 3.13. The zero-order valence-corrected chi connectivity index (χ0v) is 11.9. The molecule has 0 spiro atoms. The molecule has 1 aliphatic heterocycles. The smallest absolute Gasteiger partial charge is 0.323 e. The molecule has 23 heavy (non-hydrogen) atoms. The van der Waals surface area contributed by atoms with E-state index in [0.29, 0.717) is 0 Å². The molecule has 0 saturated carbocycles. The zero-order valence-electron chi connectivity index (χ0n) is 11.1. The van der Waals surface area contributed by atoms with Crippen LogP contribution >= 0.6 is 11.3 Å². The van der Waals surface area contributed by atoms with Gasteiger partial charge < -0.3 is 4.84 Å². The van der Waals surface area contributed by atoms with Crippen molar-refractivity contribution in [3.63, 3.8) is 0 Å². The van der Waals surface area contributed by atoms with Gasteiger partial charge in [0.25, 0.3) is 11.8 Å². The molecule has 118 valence electrons. The number of hydrogen-bond donors (Lipinski definition) is 0. The quantitative estimate of drug-likeness (QED) is 0.787. The van der Waals surface area contributed by atoms with Crippen molar-refractivity contribution in [1.82, 2.24) is 5.06 Å². The van der Waals surface area contributed by atoms with Crippen molar-refractivity contribution in [3.8, 4) is 0 Å². The van der Waals surface area contributed by atoms with E-state index < -0.39 is 28.8 Å². The van der Waals surface area contributed by atoms with Gasteiger partial charge in [-0.15, -0.1) is 11.3 Å². The van der Waals surface area contributed by atoms with Crippen LogP contribution in [0.1, 0.15) is 35.3 Å². The zero-order chi connectivity index (χ0) is 16.8. The second-order valence-electron chi connectivity index (χ2n) is 4.49. The van der Waals surface area contributed by atoms with Crippen LogP contribution < -0.4 is 0 Å². The monoisotopic (exact) mass is 341 g/mol. The number of rotatable bonds is 2. The van der Waals surface area contributed by atoms with Gasteiger partial charge in [0, 0.05) is 0 Å². The summed E-state index contributed by atoms with van der Waals surface area (Å²) in [4.78, 5) is 39.2. The molecule has 5 nitrogen and oxygen atoms in total. The number of carbonyl (C=O) groups excluding carboxylic acids is 3. The normalized spacial score (nSPS) is 14.1. The molecule has 0 fully saturated rings. The van der Waals surface area contributed by atoms with Gasteiger partial charge in [-0.1, -0.05) is 17.2 Å². The number of fused-ring (bicyclic) bond motifs is 1. The molecule has 0 saturated heterocycles. The third-order valence-corrected chi connectivity index (χ3v) is 4.13. The molecule has 0 aliphatic carbocycles. The number of benzene rings is 1. The van der Waals surface area contributed by atoms with Crippen LogP contribution in [0.4, 0.5) is 13.2 Å². The highest BCUT2D eigenvalue weighted by Crippen LogP contribution is 2.35. The highest BCUT2D eigenvalue weighted by atomic mass is 32.1. The summed E-state index contributed by atoms with van der Waals surface area (Å²) in [5, 5.41) is 0.250. The minimum absolute atomic E-state index is 0.0625. The van der Waals surface area contributed by atoms with E-state index >= 15 is 0 Å². The fourth-order valence-electron chi connectivity index (χ4n) is 1.98. The molecule has 0 unspecified atom stereocenters. The standard InChI is InChI=1S/C14H6F3NO4S/c15-14(16,17)10-6-5-9(23-10)13(21)22-18-11(19)7-3-1-2-4-8(7)12(18)20/h1-6H. The largest absolute Gasteiger partial charge is 0.425 e. The maximum atomic E-state index is 12.5. The fourth-order valence-corrected chi connectivity index (χ4v) is 2.72. The lowest BCUT2D eigenvalue weighted by Crippen LogP contribution is -2.32. The molecule has 0 bridgehead atoms. The molecular formula is C14H6F3NO4S. The summed E-state index contributed by atoms with van der Waals surface area (Å²) in [7, 11) is 0. The van der Waals surface area contributed by atoms with Crippen LogP contribution in [0.2, 0.25) is 0 Å². The number of nitrogens with zero attached hydrogens (tertiary/aromatic N) is 1. The average Bonchev–Trinajstić information content (AvgIpc) is 3.08. The molecule has 2 heterocycles. The van der Waals surface area contributed by atoms with Crippen LogP contribution in [0.3, 0.4) is 0 Å². The van der Waals surface area contributed by atoms with Crippen molar-refractivity contribution in [2.75, 3.05) is 0 Å². The summed E-state index contributed by atoms with van der Waals surface area (Å²) < 4.78 is 37.5. The van der Waals surface area contributed by atoms with Gasteiger partial charge in [-0.2, -0.15) is 13.2 Å². The van der Waals surface area contributed by atoms with E-state index in [1.807, 2.05) is 0 Å². The lowest BCUT2D eigenvalue weighted by Gasteiger charge is -2.11. The molecule has 3 rings (SSSR count). The van der Waals surface area contributed by atoms with Crippen molar-refractivity contribution in [2.45, 2.75) is 6.18 Å². The molecule has 0 N–H and O–H groups in total. The molecule has 0 radical (unpaired) electrons. The number of alkyl halides is 3. The van der Waals surface area contributed by atoms with Crippen molar-refractivity contribution in [2.24, 2.45) is 0 Å². The topological polar surface area (TPSA) is 63.7 Å². The molecule has 1 aliphatic rings. The number of hydroxylamine groups is 2. The molecule has 2 amide bonds. The molecule has 0 atom stereocenters. The Morgan fingerprint density at radius 3 is 2.04 bits per heavy atom. The van der Waals surface area contributed by atoms with Crippen molar-refractivity contribution in [3.05, 3.63) is 57.3 Å². The average molecular weight is 341 g/mol. The summed E-state index contributed by atoms with van der Waals surface area (Å²) in [6, 6.07) is 7.48. The van der Waals surface area contributed by atoms with E-state index in [1.165, 1.54) is 24.3 Å². The second-order valence-corrected chi connectivity index (χ2v) is 5.57. The van der Waals surface area contributed by atoms with Crippen LogP contribution in [0.15, 0.2) is 36.4 Å². The Bertz CT molecular complexity index is 792. The van der Waals surface area contributed by atoms with E-state index in [-0.39, 0.29) is 32.4 Å². The number of hydrogen-bond acceptors (Lipinski definition) is 5. The first-order valence-electron chi connectivity index (χ1n) is 6.16. The third-order valence-electron chi connectivity index (χ3n) is 3.02. The van der Waals surface area contributed by atoms with Gasteiger partial charge in [0.2, 0.25) is 0 Å². The SMILES string of the molecule is O=C(ON1C(=O)c2ccccc2C1=O)c1ccc(C(F)(F)F)s1. The molecule has 1 aromatic carbocycles. The van der Waals surface area contributed by atoms with Crippen LogP contribution in [0, 0.1) is 0 Å². The summed E-state index contributed by atoms with van der Waals surface area (Å²) in [6.07, 6.45) is -4.58. The summed E-state index contributed by atoms with van der Waals surface area (Å²) in [5.74, 6) is -2.89. The number of amides is 2. The van der Waals surface area contributed by atoms with Crippen LogP contribution in [0.5, 0.6) is 0 Å².